The number of hydrogen-bond donors (Lipinski definition) is 1. The summed E-state index contributed by atoms with van der Waals surface area (Å²) in [6, 6.07) is 6.99. The van der Waals surface area contributed by atoms with E-state index in [1.165, 1.54) is 4.68 Å². The summed E-state index contributed by atoms with van der Waals surface area (Å²) in [5.41, 5.74) is 1.69. The zero-order valence-electron chi connectivity index (χ0n) is 13.3. The maximum atomic E-state index is 12.5. The number of carboxylic acid groups (broad SMARTS) is 1. The van der Waals surface area contributed by atoms with Gasteiger partial charge in [-0.3, -0.25) is 9.59 Å². The number of amides is 1. The van der Waals surface area contributed by atoms with E-state index < -0.39 is 5.97 Å². The van der Waals surface area contributed by atoms with Gasteiger partial charge in [0.25, 0.3) is 5.91 Å². The number of ether oxygens (including phenoxy) is 1. The molecule has 1 amide bonds. The Hall–Kier alpha value is -2.74. The fourth-order valence-corrected chi connectivity index (χ4v) is 2.70. The molecule has 3 rings (SSSR count). The van der Waals surface area contributed by atoms with Gasteiger partial charge in [-0.05, 0) is 30.7 Å². The summed E-state index contributed by atoms with van der Waals surface area (Å²) in [5, 5.41) is 16.5. The zero-order valence-corrected chi connectivity index (χ0v) is 13.3. The molecule has 2 aromatic rings. The minimum Gasteiger partial charge on any atom is -0.481 e. The summed E-state index contributed by atoms with van der Waals surface area (Å²) in [4.78, 5) is 24.9. The second-order valence-corrected chi connectivity index (χ2v) is 5.67. The number of carbonyl (C=O) groups is 2. The van der Waals surface area contributed by atoms with Crippen molar-refractivity contribution in [3.05, 3.63) is 41.7 Å². The topological polar surface area (TPSA) is 97.5 Å². The molecule has 8 heteroatoms. The quantitative estimate of drug-likeness (QED) is 0.869. The van der Waals surface area contributed by atoms with Crippen LogP contribution in [0.3, 0.4) is 0 Å². The number of nitrogens with zero attached hydrogens (tertiary/aromatic N) is 4. The predicted molar refractivity (Wildman–Crippen MR) is 84.0 cm³/mol. The van der Waals surface area contributed by atoms with Crippen LogP contribution in [0.5, 0.6) is 0 Å². The Balaban J connectivity index is 1.70. The molecule has 8 nitrogen and oxygen atoms in total. The fourth-order valence-electron chi connectivity index (χ4n) is 2.70. The Morgan fingerprint density at radius 3 is 2.71 bits per heavy atom. The molecular weight excluding hydrogens is 312 g/mol. The van der Waals surface area contributed by atoms with Crippen LogP contribution in [0, 0.1) is 0 Å². The predicted octanol–water partition coefficient (Wildman–Crippen LogP) is 0.755. The molecule has 0 saturated carbocycles. The first kappa shape index (κ1) is 16.1. The summed E-state index contributed by atoms with van der Waals surface area (Å²) < 4.78 is 6.77. The monoisotopic (exact) mass is 330 g/mol. The van der Waals surface area contributed by atoms with Crippen molar-refractivity contribution >= 4 is 11.9 Å². The summed E-state index contributed by atoms with van der Waals surface area (Å²) in [7, 11) is 1.66. The van der Waals surface area contributed by atoms with E-state index in [-0.39, 0.29) is 18.4 Å². The summed E-state index contributed by atoms with van der Waals surface area (Å²) >= 11 is 0. The number of hydrogen-bond acceptors (Lipinski definition) is 5. The highest BCUT2D eigenvalue weighted by Crippen LogP contribution is 2.17. The molecule has 0 aliphatic carbocycles. The molecule has 126 valence electrons. The number of methoxy groups -OCH3 is 1. The van der Waals surface area contributed by atoms with Crippen molar-refractivity contribution < 1.29 is 19.4 Å². The molecule has 0 radical (unpaired) electrons. The van der Waals surface area contributed by atoms with Crippen molar-refractivity contribution in [2.45, 2.75) is 18.9 Å². The van der Waals surface area contributed by atoms with Crippen molar-refractivity contribution in [2.24, 2.45) is 0 Å². The van der Waals surface area contributed by atoms with Gasteiger partial charge in [0.1, 0.15) is 0 Å². The minimum absolute atomic E-state index is 0.0220. The van der Waals surface area contributed by atoms with E-state index in [9.17, 15) is 9.59 Å². The van der Waals surface area contributed by atoms with E-state index in [1.54, 1.807) is 42.5 Å². The van der Waals surface area contributed by atoms with Crippen molar-refractivity contribution in [3.63, 3.8) is 0 Å². The van der Waals surface area contributed by atoms with E-state index in [1.807, 2.05) is 0 Å². The van der Waals surface area contributed by atoms with Gasteiger partial charge in [-0.1, -0.05) is 5.21 Å². The van der Waals surface area contributed by atoms with Crippen LogP contribution in [0.15, 0.2) is 30.5 Å². The Kier molecular flexibility index (Phi) is 4.57. The Morgan fingerprint density at radius 1 is 1.33 bits per heavy atom. The van der Waals surface area contributed by atoms with Crippen molar-refractivity contribution in [2.75, 3.05) is 20.2 Å². The normalized spacial score (nSPS) is 17.2. The highest BCUT2D eigenvalue weighted by molar-refractivity contribution is 5.94. The molecule has 0 bridgehead atoms. The van der Waals surface area contributed by atoms with Crippen LogP contribution in [0.4, 0.5) is 0 Å². The third kappa shape index (κ3) is 3.43. The highest BCUT2D eigenvalue weighted by Gasteiger charge is 2.26. The first-order valence-electron chi connectivity index (χ1n) is 7.62. The fraction of sp³-hybridized carbons (Fsp3) is 0.375. The summed E-state index contributed by atoms with van der Waals surface area (Å²) in [6.45, 7) is 1.30. The largest absolute Gasteiger partial charge is 0.481 e. The lowest BCUT2D eigenvalue weighted by atomic mass is 10.2. The third-order valence-electron chi connectivity index (χ3n) is 4.02. The van der Waals surface area contributed by atoms with E-state index in [0.29, 0.717) is 30.0 Å². The smallest absolute Gasteiger partial charge is 0.309 e. The SMILES string of the molecule is COC1CCN(C(=O)c2ccc(-n3cc(CC(=O)O)nn3)cc2)C1. The molecule has 1 N–H and O–H groups in total. The molecule has 1 aliphatic rings. The van der Waals surface area contributed by atoms with E-state index in [0.717, 1.165) is 6.42 Å². The van der Waals surface area contributed by atoms with Gasteiger partial charge in [-0.25, -0.2) is 4.68 Å². The maximum absolute atomic E-state index is 12.5. The summed E-state index contributed by atoms with van der Waals surface area (Å²) in [5.74, 6) is -0.978. The van der Waals surface area contributed by atoms with Gasteiger partial charge in [0, 0.05) is 25.8 Å². The van der Waals surface area contributed by atoms with Crippen LogP contribution in [-0.4, -0.2) is 63.2 Å². The van der Waals surface area contributed by atoms with E-state index in [4.69, 9.17) is 9.84 Å². The standard InChI is InChI=1S/C16H18N4O4/c1-24-14-6-7-19(10-14)16(23)11-2-4-13(5-3-11)20-9-12(17-18-20)8-15(21)22/h2-5,9,14H,6-8,10H2,1H3,(H,21,22). The number of aliphatic carboxylic acids is 1. The maximum Gasteiger partial charge on any atom is 0.309 e. The molecule has 1 aliphatic heterocycles. The van der Waals surface area contributed by atoms with Gasteiger partial charge in [-0.2, -0.15) is 0 Å². The van der Waals surface area contributed by atoms with Gasteiger partial charge >= 0.3 is 5.97 Å². The Bertz CT molecular complexity index is 741. The molecule has 1 saturated heterocycles. The van der Waals surface area contributed by atoms with E-state index in [2.05, 4.69) is 10.3 Å². The lowest BCUT2D eigenvalue weighted by molar-refractivity contribution is -0.136. The van der Waals surface area contributed by atoms with Crippen LogP contribution in [0.1, 0.15) is 22.5 Å². The number of carboxylic acids is 1. The average Bonchev–Trinajstić information content (AvgIpc) is 3.23. The van der Waals surface area contributed by atoms with Gasteiger partial charge in [0.05, 0.1) is 30.1 Å². The second-order valence-electron chi connectivity index (χ2n) is 5.67. The van der Waals surface area contributed by atoms with Gasteiger partial charge in [0.15, 0.2) is 0 Å². The number of benzene rings is 1. The average molecular weight is 330 g/mol. The molecule has 1 unspecified atom stereocenters. The summed E-state index contributed by atoms with van der Waals surface area (Å²) in [6.07, 6.45) is 2.35. The highest BCUT2D eigenvalue weighted by atomic mass is 16.5. The van der Waals surface area contributed by atoms with Crippen LogP contribution >= 0.6 is 0 Å². The number of rotatable bonds is 5. The minimum atomic E-state index is -0.956. The molecular formula is C16H18N4O4. The molecule has 1 atom stereocenters. The zero-order chi connectivity index (χ0) is 17.1. The van der Waals surface area contributed by atoms with Crippen LogP contribution in [-0.2, 0) is 16.0 Å². The molecule has 24 heavy (non-hydrogen) atoms. The number of likely N-dealkylation sites (tertiary alicyclic amines) is 1. The van der Waals surface area contributed by atoms with Crippen LogP contribution < -0.4 is 0 Å². The second kappa shape index (κ2) is 6.79. The lowest BCUT2D eigenvalue weighted by Gasteiger charge is -2.16. The Labute approximate surface area is 138 Å². The number of aromatic nitrogens is 3. The van der Waals surface area contributed by atoms with Crippen LogP contribution in [0.2, 0.25) is 0 Å². The molecule has 1 fully saturated rings. The van der Waals surface area contributed by atoms with Gasteiger partial charge in [0.2, 0.25) is 0 Å². The Morgan fingerprint density at radius 2 is 2.08 bits per heavy atom. The van der Waals surface area contributed by atoms with E-state index >= 15 is 0 Å². The first-order chi connectivity index (χ1) is 11.6. The van der Waals surface area contributed by atoms with Crippen molar-refractivity contribution in [1.29, 1.82) is 0 Å². The van der Waals surface area contributed by atoms with Crippen molar-refractivity contribution in [1.82, 2.24) is 19.9 Å². The molecule has 1 aromatic heterocycles. The van der Waals surface area contributed by atoms with Crippen LogP contribution in [0.25, 0.3) is 5.69 Å². The molecule has 0 spiro atoms. The molecule has 1 aromatic carbocycles. The van der Waals surface area contributed by atoms with Gasteiger partial charge < -0.3 is 14.7 Å². The van der Waals surface area contributed by atoms with Crippen molar-refractivity contribution in [3.8, 4) is 5.69 Å². The van der Waals surface area contributed by atoms with Gasteiger partial charge in [-0.15, -0.1) is 5.10 Å². The first-order valence-corrected chi connectivity index (χ1v) is 7.62. The lowest BCUT2D eigenvalue weighted by Crippen LogP contribution is -2.29. The number of carbonyl (C=O) groups excluding carboxylic acids is 1. The molecule has 2 heterocycles. The third-order valence-corrected chi connectivity index (χ3v) is 4.02.